The summed E-state index contributed by atoms with van der Waals surface area (Å²) in [5.74, 6) is -4.11. The molecule has 2 N–H and O–H groups in total. The van der Waals surface area contributed by atoms with Gasteiger partial charge in [-0.05, 0) is 11.9 Å². The third-order valence-electron chi connectivity index (χ3n) is 5.70. The third-order valence-corrected chi connectivity index (χ3v) is 7.15. The summed E-state index contributed by atoms with van der Waals surface area (Å²) < 4.78 is 29.0. The Morgan fingerprint density at radius 1 is 1.45 bits per heavy atom. The highest BCUT2D eigenvalue weighted by Crippen LogP contribution is 2.51. The number of β-lactam (4-membered cyclic amide) rings is 1. The molecule has 1 fully saturated rings. The molecule has 0 aromatic carbocycles. The highest BCUT2D eigenvalue weighted by molar-refractivity contribution is 8.03. The molecule has 4 atom stereocenters. The van der Waals surface area contributed by atoms with E-state index in [1.54, 1.807) is 12.7 Å². The first-order valence-electron chi connectivity index (χ1n) is 9.16. The minimum absolute atomic E-state index is 0.0409. The molecule has 4 rings (SSSR count). The number of halogens is 2. The largest absolute Gasteiger partial charge is 0.477 e. The lowest BCUT2D eigenvalue weighted by Crippen LogP contribution is -2.66. The standard InChI is InChI=1S/C17H19F2N5O4S/c1-7-11-10(8(2)21-15(25)14(18)19)16(26)24(11)12(17(27)28)13(7)29-9-3-22-5-20-6-23(22)4-9/h5-11,14H,3-4H2,1-2H3,(H-,21,25,27,28)/p+1/t7-,8-,10-,11-/m1/s1. The van der Waals surface area contributed by atoms with Crippen LogP contribution >= 0.6 is 11.8 Å². The molecule has 12 heteroatoms. The summed E-state index contributed by atoms with van der Waals surface area (Å²) in [6.45, 7) is 4.65. The molecule has 0 spiro atoms. The maximum Gasteiger partial charge on any atom is 0.353 e. The molecule has 29 heavy (non-hydrogen) atoms. The van der Waals surface area contributed by atoms with Gasteiger partial charge in [0.2, 0.25) is 12.2 Å². The average Bonchev–Trinajstić information content (AvgIpc) is 3.28. The fourth-order valence-corrected chi connectivity index (χ4v) is 5.89. The maximum absolute atomic E-state index is 12.7. The number of hydrogen-bond donors (Lipinski definition) is 2. The number of thioether (sulfide) groups is 1. The first-order valence-corrected chi connectivity index (χ1v) is 10.0. The molecule has 0 saturated carbocycles. The molecule has 3 aliphatic rings. The van der Waals surface area contributed by atoms with Gasteiger partial charge in [-0.2, -0.15) is 18.1 Å². The Hall–Kier alpha value is -2.50. The van der Waals surface area contributed by atoms with Crippen molar-refractivity contribution in [3.05, 3.63) is 23.3 Å². The van der Waals surface area contributed by atoms with Crippen molar-refractivity contribution in [1.29, 1.82) is 0 Å². The minimum atomic E-state index is -3.17. The van der Waals surface area contributed by atoms with Crippen molar-refractivity contribution in [3.63, 3.8) is 0 Å². The number of aromatic nitrogens is 3. The number of nitrogens with one attached hydrogen (secondary N) is 1. The minimum Gasteiger partial charge on any atom is -0.477 e. The Labute approximate surface area is 168 Å². The van der Waals surface area contributed by atoms with E-state index >= 15 is 0 Å². The molecule has 1 saturated heterocycles. The van der Waals surface area contributed by atoms with Gasteiger partial charge in [-0.3, -0.25) is 9.59 Å². The second-order valence-corrected chi connectivity index (χ2v) is 8.84. The van der Waals surface area contributed by atoms with E-state index in [0.29, 0.717) is 18.0 Å². The molecule has 0 bridgehead atoms. The van der Waals surface area contributed by atoms with Gasteiger partial charge in [-0.15, -0.1) is 11.8 Å². The lowest BCUT2D eigenvalue weighted by Gasteiger charge is -2.47. The van der Waals surface area contributed by atoms with Crippen LogP contribution in [0.1, 0.15) is 13.8 Å². The van der Waals surface area contributed by atoms with Crippen molar-refractivity contribution in [1.82, 2.24) is 19.9 Å². The number of carboxylic acids is 1. The SMILES string of the molecule is C[C@@H](NC(=O)C(F)F)[C@H]1C(=O)N2C(C(=O)O)=C(SC3Cn4cnc[n+]4C3)[C@H](C)[C@H]12. The average molecular weight is 428 g/mol. The molecule has 9 nitrogen and oxygen atoms in total. The summed E-state index contributed by atoms with van der Waals surface area (Å²) >= 11 is 1.43. The maximum atomic E-state index is 12.7. The van der Waals surface area contributed by atoms with E-state index < -0.39 is 42.2 Å². The predicted octanol–water partition coefficient (Wildman–Crippen LogP) is -0.171. The summed E-state index contributed by atoms with van der Waals surface area (Å²) in [6.07, 6.45) is 0.229. The quantitative estimate of drug-likeness (QED) is 0.481. The Morgan fingerprint density at radius 2 is 2.17 bits per heavy atom. The van der Waals surface area contributed by atoms with Crippen molar-refractivity contribution in [3.8, 4) is 0 Å². The Morgan fingerprint density at radius 3 is 2.79 bits per heavy atom. The number of carbonyl (C=O) groups excluding carboxylic acids is 2. The Bertz CT molecular complexity index is 899. The van der Waals surface area contributed by atoms with E-state index in [1.165, 1.54) is 23.6 Å². The molecule has 3 aliphatic heterocycles. The summed E-state index contributed by atoms with van der Waals surface area (Å²) in [7, 11) is 0. The van der Waals surface area contributed by atoms with Crippen LogP contribution in [-0.4, -0.2) is 61.2 Å². The Kier molecular flexibility index (Phi) is 4.83. The van der Waals surface area contributed by atoms with Gasteiger partial charge in [0.15, 0.2) is 0 Å². The van der Waals surface area contributed by atoms with Gasteiger partial charge in [0.05, 0.1) is 23.8 Å². The molecule has 4 heterocycles. The van der Waals surface area contributed by atoms with Crippen LogP contribution in [0.3, 0.4) is 0 Å². The number of alkyl halides is 2. The van der Waals surface area contributed by atoms with Crippen LogP contribution < -0.4 is 10.00 Å². The normalized spacial score (nSPS) is 29.0. The summed E-state index contributed by atoms with van der Waals surface area (Å²) in [5.41, 5.74) is -0.0409. The first-order chi connectivity index (χ1) is 13.7. The number of hydrogen-bond acceptors (Lipinski definition) is 5. The van der Waals surface area contributed by atoms with Crippen molar-refractivity contribution in [2.75, 3.05) is 0 Å². The lowest BCUT2D eigenvalue weighted by atomic mass is 9.78. The van der Waals surface area contributed by atoms with E-state index in [-0.39, 0.29) is 16.9 Å². The lowest BCUT2D eigenvalue weighted by molar-refractivity contribution is -0.758. The van der Waals surface area contributed by atoms with Crippen molar-refractivity contribution in [2.24, 2.45) is 11.8 Å². The topological polar surface area (TPSA) is 108 Å². The first kappa shape index (κ1) is 19.8. The number of amides is 2. The van der Waals surface area contributed by atoms with Gasteiger partial charge >= 0.3 is 18.7 Å². The number of rotatable bonds is 6. The second-order valence-electron chi connectivity index (χ2n) is 7.49. The fraction of sp³-hybridized carbons (Fsp3) is 0.588. The molecule has 156 valence electrons. The van der Waals surface area contributed by atoms with Gasteiger partial charge in [0, 0.05) is 16.9 Å². The fourth-order valence-electron chi connectivity index (χ4n) is 4.42. The van der Waals surface area contributed by atoms with E-state index in [1.807, 2.05) is 16.3 Å². The van der Waals surface area contributed by atoms with Gasteiger partial charge in [-0.1, -0.05) is 6.92 Å². The third kappa shape index (κ3) is 3.09. The summed E-state index contributed by atoms with van der Waals surface area (Å²) in [5, 5.41) is 12.0. The van der Waals surface area contributed by atoms with Gasteiger partial charge < -0.3 is 15.3 Å². The summed E-state index contributed by atoms with van der Waals surface area (Å²) in [6, 6.07) is -1.29. The molecule has 2 amide bonds. The summed E-state index contributed by atoms with van der Waals surface area (Å²) in [4.78, 5) is 41.8. The molecule has 0 radical (unpaired) electrons. The van der Waals surface area contributed by atoms with Gasteiger partial charge in [-0.25, -0.2) is 4.79 Å². The number of carbonyl (C=O) groups is 3. The van der Waals surface area contributed by atoms with E-state index in [9.17, 15) is 28.3 Å². The highest BCUT2D eigenvalue weighted by atomic mass is 32.2. The molecule has 0 unspecified atom stereocenters. The van der Waals surface area contributed by atoms with E-state index in [0.717, 1.165) is 0 Å². The molecule has 0 aliphatic carbocycles. The van der Waals surface area contributed by atoms with Gasteiger partial charge in [0.25, 0.3) is 5.91 Å². The van der Waals surface area contributed by atoms with Crippen LogP contribution in [0.2, 0.25) is 0 Å². The highest BCUT2D eigenvalue weighted by Gasteiger charge is 2.60. The van der Waals surface area contributed by atoms with E-state index in [4.69, 9.17) is 0 Å². The number of nitrogens with zero attached hydrogens (tertiary/aromatic N) is 4. The van der Waals surface area contributed by atoms with Gasteiger partial charge in [0.1, 0.15) is 12.2 Å². The zero-order chi connectivity index (χ0) is 21.0. The van der Waals surface area contributed by atoms with Crippen LogP contribution in [0.15, 0.2) is 23.3 Å². The number of carboxylic acid groups (broad SMARTS) is 1. The van der Waals surface area contributed by atoms with Crippen LogP contribution in [-0.2, 0) is 27.5 Å². The van der Waals surface area contributed by atoms with Crippen molar-refractivity contribution in [2.45, 2.75) is 50.7 Å². The molecule has 1 aromatic rings. The smallest absolute Gasteiger partial charge is 0.353 e. The zero-order valence-corrected chi connectivity index (χ0v) is 16.5. The zero-order valence-electron chi connectivity index (χ0n) is 15.7. The second kappa shape index (κ2) is 7.08. The predicted molar refractivity (Wildman–Crippen MR) is 95.4 cm³/mol. The number of aliphatic carboxylic acids is 1. The van der Waals surface area contributed by atoms with Crippen molar-refractivity contribution >= 4 is 29.5 Å². The molecular weight excluding hydrogens is 408 g/mol. The van der Waals surface area contributed by atoms with Crippen molar-refractivity contribution < 1.29 is 33.0 Å². The monoisotopic (exact) mass is 428 g/mol. The van der Waals surface area contributed by atoms with Crippen LogP contribution in [0, 0.1) is 11.8 Å². The van der Waals surface area contributed by atoms with E-state index in [2.05, 4.69) is 10.3 Å². The van der Waals surface area contributed by atoms with Crippen LogP contribution in [0.4, 0.5) is 8.78 Å². The Balaban J connectivity index is 1.53. The number of fused-ring (bicyclic) bond motifs is 2. The van der Waals surface area contributed by atoms with Crippen LogP contribution in [0.25, 0.3) is 0 Å². The molecular formula is C17H20F2N5O4S+. The van der Waals surface area contributed by atoms with Crippen LogP contribution in [0.5, 0.6) is 0 Å². The molecule has 1 aromatic heterocycles.